The van der Waals surface area contributed by atoms with Crippen molar-refractivity contribution in [2.75, 3.05) is 4.72 Å². The van der Waals surface area contributed by atoms with E-state index in [0.29, 0.717) is 5.69 Å². The topological polar surface area (TPSA) is 46.2 Å². The minimum absolute atomic E-state index is 0.152. The van der Waals surface area contributed by atoms with Gasteiger partial charge < -0.3 is 0 Å². The molecule has 0 unspecified atom stereocenters. The summed E-state index contributed by atoms with van der Waals surface area (Å²) in [7, 11) is -3.83. The van der Waals surface area contributed by atoms with Crippen LogP contribution in [0.25, 0.3) is 0 Å². The van der Waals surface area contributed by atoms with E-state index in [1.165, 1.54) is 0 Å². The van der Waals surface area contributed by atoms with E-state index in [2.05, 4.69) is 4.72 Å². The molecule has 2 aromatic carbocycles. The number of para-hydroxylation sites is 1. The number of nitrogens with one attached hydrogen (secondary N) is 1. The predicted octanol–water partition coefficient (Wildman–Crippen LogP) is 3.59. The molecule has 0 aromatic heterocycles. The molecule has 0 atom stereocenters. The lowest BCUT2D eigenvalue weighted by Gasteiger charge is -2.11. The number of aryl methyl sites for hydroxylation is 1. The van der Waals surface area contributed by atoms with Crippen molar-refractivity contribution in [3.8, 4) is 0 Å². The lowest BCUT2D eigenvalue weighted by atomic mass is 10.2. The lowest BCUT2D eigenvalue weighted by molar-refractivity contribution is 0.599. The van der Waals surface area contributed by atoms with E-state index >= 15 is 0 Å². The number of hydrogen-bond acceptors (Lipinski definition) is 2. The lowest BCUT2D eigenvalue weighted by Crippen LogP contribution is -2.14. The number of rotatable bonds is 3. The first kappa shape index (κ1) is 13.8. The van der Waals surface area contributed by atoms with Gasteiger partial charge in [0.1, 0.15) is 10.7 Å². The van der Waals surface area contributed by atoms with Crippen molar-refractivity contribution in [3.63, 3.8) is 0 Å². The molecular formula is C13H11ClFNO2S. The molecule has 0 aliphatic carbocycles. The summed E-state index contributed by atoms with van der Waals surface area (Å²) >= 11 is 5.76. The van der Waals surface area contributed by atoms with Gasteiger partial charge in [-0.15, -0.1) is 0 Å². The summed E-state index contributed by atoms with van der Waals surface area (Å²) in [5, 5.41) is -0.152. The van der Waals surface area contributed by atoms with Crippen LogP contribution < -0.4 is 4.72 Å². The van der Waals surface area contributed by atoms with Crippen molar-refractivity contribution >= 4 is 27.3 Å². The van der Waals surface area contributed by atoms with Crippen LogP contribution in [0.5, 0.6) is 0 Å². The highest BCUT2D eigenvalue weighted by molar-refractivity contribution is 7.92. The average molecular weight is 300 g/mol. The fraction of sp³-hybridized carbons (Fsp3) is 0.0769. The van der Waals surface area contributed by atoms with Crippen molar-refractivity contribution in [3.05, 3.63) is 58.9 Å². The zero-order chi connectivity index (χ0) is 14.0. The fourth-order valence-corrected chi connectivity index (χ4v) is 3.24. The number of sulfonamides is 1. The van der Waals surface area contributed by atoms with Crippen LogP contribution in [0.4, 0.5) is 10.1 Å². The maximum atomic E-state index is 12.9. The van der Waals surface area contributed by atoms with Crippen LogP contribution in [-0.2, 0) is 10.0 Å². The second-order valence-electron chi connectivity index (χ2n) is 4.00. The van der Waals surface area contributed by atoms with E-state index in [1.54, 1.807) is 31.2 Å². The summed E-state index contributed by atoms with van der Waals surface area (Å²) < 4.78 is 39.7. The molecule has 0 heterocycles. The van der Waals surface area contributed by atoms with E-state index in [9.17, 15) is 12.8 Å². The summed E-state index contributed by atoms with van der Waals surface area (Å²) in [6, 6.07) is 10.1. The SMILES string of the molecule is Cc1ccccc1NS(=O)(=O)c1ccc(F)cc1Cl. The first-order valence-corrected chi connectivity index (χ1v) is 7.30. The van der Waals surface area contributed by atoms with Crippen LogP contribution in [0.3, 0.4) is 0 Å². The van der Waals surface area contributed by atoms with Gasteiger partial charge in [0.05, 0.1) is 10.7 Å². The minimum atomic E-state index is -3.83. The Morgan fingerprint density at radius 1 is 1.16 bits per heavy atom. The molecule has 100 valence electrons. The highest BCUT2D eigenvalue weighted by Gasteiger charge is 2.19. The third-order valence-corrected chi connectivity index (χ3v) is 4.42. The molecule has 19 heavy (non-hydrogen) atoms. The number of benzene rings is 2. The monoisotopic (exact) mass is 299 g/mol. The van der Waals surface area contributed by atoms with Crippen LogP contribution in [0.15, 0.2) is 47.4 Å². The summed E-state index contributed by atoms with van der Waals surface area (Å²) in [4.78, 5) is -0.154. The Hall–Kier alpha value is -1.59. The van der Waals surface area contributed by atoms with Gasteiger partial charge in [0.15, 0.2) is 0 Å². The molecule has 0 aliphatic rings. The van der Waals surface area contributed by atoms with Crippen LogP contribution in [0.1, 0.15) is 5.56 Å². The Morgan fingerprint density at radius 3 is 2.47 bits per heavy atom. The summed E-state index contributed by atoms with van der Waals surface area (Å²) in [5.41, 5.74) is 1.24. The van der Waals surface area contributed by atoms with Gasteiger partial charge in [-0.05, 0) is 36.8 Å². The third kappa shape index (κ3) is 3.05. The largest absolute Gasteiger partial charge is 0.279 e. The average Bonchev–Trinajstić information content (AvgIpc) is 2.31. The van der Waals surface area contributed by atoms with Gasteiger partial charge in [-0.25, -0.2) is 12.8 Å². The molecule has 2 rings (SSSR count). The Balaban J connectivity index is 2.41. The predicted molar refractivity (Wildman–Crippen MR) is 73.4 cm³/mol. The van der Waals surface area contributed by atoms with Crippen molar-refractivity contribution in [2.24, 2.45) is 0 Å². The van der Waals surface area contributed by atoms with E-state index in [-0.39, 0.29) is 9.92 Å². The van der Waals surface area contributed by atoms with Crippen molar-refractivity contribution < 1.29 is 12.8 Å². The first-order chi connectivity index (χ1) is 8.90. The standard InChI is InChI=1S/C13H11ClFNO2S/c1-9-4-2-3-5-12(9)16-19(17,18)13-7-6-10(15)8-11(13)14/h2-8,16H,1H3. The van der Waals surface area contributed by atoms with E-state index in [4.69, 9.17) is 11.6 Å². The van der Waals surface area contributed by atoms with E-state index < -0.39 is 15.8 Å². The fourth-order valence-electron chi connectivity index (χ4n) is 1.58. The van der Waals surface area contributed by atoms with Gasteiger partial charge in [0.2, 0.25) is 0 Å². The molecule has 0 radical (unpaired) electrons. The molecule has 0 aliphatic heterocycles. The first-order valence-electron chi connectivity index (χ1n) is 5.43. The molecule has 3 nitrogen and oxygen atoms in total. The third-order valence-electron chi connectivity index (χ3n) is 2.57. The Bertz CT molecular complexity index is 716. The molecular weight excluding hydrogens is 289 g/mol. The Kier molecular flexibility index (Phi) is 3.78. The van der Waals surface area contributed by atoms with Crippen molar-refractivity contribution in [1.29, 1.82) is 0 Å². The summed E-state index contributed by atoms with van der Waals surface area (Å²) in [6.45, 7) is 1.78. The molecule has 6 heteroatoms. The Labute approximate surface area is 116 Å². The second kappa shape index (κ2) is 5.19. The summed E-state index contributed by atoms with van der Waals surface area (Å²) in [5.74, 6) is -0.583. The Morgan fingerprint density at radius 2 is 1.84 bits per heavy atom. The number of hydrogen-bond donors (Lipinski definition) is 1. The van der Waals surface area contributed by atoms with E-state index in [1.807, 2.05) is 0 Å². The molecule has 0 fully saturated rings. The second-order valence-corrected chi connectivity index (χ2v) is 6.05. The van der Waals surface area contributed by atoms with Gasteiger partial charge >= 0.3 is 0 Å². The highest BCUT2D eigenvalue weighted by atomic mass is 35.5. The zero-order valence-electron chi connectivity index (χ0n) is 10.0. The highest BCUT2D eigenvalue weighted by Crippen LogP contribution is 2.25. The maximum Gasteiger partial charge on any atom is 0.263 e. The van der Waals surface area contributed by atoms with E-state index in [0.717, 1.165) is 23.8 Å². The van der Waals surface area contributed by atoms with Gasteiger partial charge in [-0.2, -0.15) is 0 Å². The number of anilines is 1. The minimum Gasteiger partial charge on any atom is -0.279 e. The van der Waals surface area contributed by atoms with Crippen molar-refractivity contribution in [2.45, 2.75) is 11.8 Å². The van der Waals surface area contributed by atoms with Gasteiger partial charge in [-0.1, -0.05) is 29.8 Å². The molecule has 1 N–H and O–H groups in total. The van der Waals surface area contributed by atoms with Gasteiger partial charge in [0.25, 0.3) is 10.0 Å². The molecule has 2 aromatic rings. The molecule has 0 bridgehead atoms. The van der Waals surface area contributed by atoms with Crippen LogP contribution >= 0.6 is 11.6 Å². The molecule has 0 saturated carbocycles. The van der Waals surface area contributed by atoms with Crippen LogP contribution in [0, 0.1) is 12.7 Å². The quantitative estimate of drug-likeness (QED) is 0.941. The normalized spacial score (nSPS) is 11.3. The smallest absolute Gasteiger partial charge is 0.263 e. The van der Waals surface area contributed by atoms with Gasteiger partial charge in [-0.3, -0.25) is 4.72 Å². The zero-order valence-corrected chi connectivity index (χ0v) is 11.6. The number of halogens is 2. The van der Waals surface area contributed by atoms with Crippen molar-refractivity contribution in [1.82, 2.24) is 0 Å². The van der Waals surface area contributed by atoms with Crippen LogP contribution in [-0.4, -0.2) is 8.42 Å². The molecule has 0 spiro atoms. The molecule has 0 amide bonds. The summed E-state index contributed by atoms with van der Waals surface area (Å²) in [6.07, 6.45) is 0. The maximum absolute atomic E-state index is 12.9. The molecule has 0 saturated heterocycles. The van der Waals surface area contributed by atoms with Gasteiger partial charge in [0, 0.05) is 0 Å². The van der Waals surface area contributed by atoms with Crippen LogP contribution in [0.2, 0.25) is 5.02 Å².